The third-order valence-electron chi connectivity index (χ3n) is 2.36. The van der Waals surface area contributed by atoms with E-state index in [4.69, 9.17) is 0 Å². The standard InChI is InChI=1S/C6H10O/c7-6-2-1-5(3-6)4-6/h5,7H,1-4H2. The molecule has 0 radical (unpaired) electrons. The molecule has 0 aromatic carbocycles. The Balaban J connectivity index is 2.20. The van der Waals surface area contributed by atoms with Crippen LogP contribution in [0, 0.1) is 5.92 Å². The van der Waals surface area contributed by atoms with Crippen molar-refractivity contribution < 1.29 is 5.11 Å². The zero-order valence-corrected chi connectivity index (χ0v) is 4.35. The van der Waals surface area contributed by atoms with Crippen LogP contribution in [0.5, 0.6) is 0 Å². The van der Waals surface area contributed by atoms with Crippen LogP contribution >= 0.6 is 0 Å². The molecule has 0 aliphatic heterocycles. The summed E-state index contributed by atoms with van der Waals surface area (Å²) in [5.41, 5.74) is -0.162. The van der Waals surface area contributed by atoms with E-state index in [2.05, 4.69) is 0 Å². The maximum absolute atomic E-state index is 9.26. The summed E-state index contributed by atoms with van der Waals surface area (Å²) in [6, 6.07) is 0. The first-order valence-electron chi connectivity index (χ1n) is 3.01. The van der Waals surface area contributed by atoms with Gasteiger partial charge in [0.2, 0.25) is 0 Å². The number of hydrogen-bond acceptors (Lipinski definition) is 1. The number of fused-ring (bicyclic) bond motifs is 1. The average molecular weight is 98.1 g/mol. The van der Waals surface area contributed by atoms with E-state index < -0.39 is 0 Å². The summed E-state index contributed by atoms with van der Waals surface area (Å²) >= 11 is 0. The normalized spacial score (nSPS) is 57.0. The third-order valence-corrected chi connectivity index (χ3v) is 2.36. The molecule has 0 aromatic rings. The summed E-state index contributed by atoms with van der Waals surface area (Å²) in [6.07, 6.45) is 4.58. The minimum Gasteiger partial charge on any atom is -0.390 e. The van der Waals surface area contributed by atoms with Gasteiger partial charge in [0.15, 0.2) is 0 Å². The van der Waals surface area contributed by atoms with Crippen molar-refractivity contribution in [2.75, 3.05) is 0 Å². The maximum atomic E-state index is 9.26. The lowest BCUT2D eigenvalue weighted by Crippen LogP contribution is -2.34. The highest BCUT2D eigenvalue weighted by atomic mass is 16.3. The number of hydrogen-bond donors (Lipinski definition) is 1. The Morgan fingerprint density at radius 3 is 2.29 bits per heavy atom. The van der Waals surface area contributed by atoms with Crippen molar-refractivity contribution in [3.63, 3.8) is 0 Å². The summed E-state index contributed by atoms with van der Waals surface area (Å²) in [5.74, 6) is 0.907. The summed E-state index contributed by atoms with van der Waals surface area (Å²) in [7, 11) is 0. The van der Waals surface area contributed by atoms with Gasteiger partial charge < -0.3 is 5.11 Å². The summed E-state index contributed by atoms with van der Waals surface area (Å²) in [4.78, 5) is 0. The third kappa shape index (κ3) is 0.367. The van der Waals surface area contributed by atoms with Crippen LogP contribution in [0.3, 0.4) is 0 Å². The highest BCUT2D eigenvalue weighted by molar-refractivity contribution is 5.01. The van der Waals surface area contributed by atoms with Crippen LogP contribution in [-0.2, 0) is 0 Å². The van der Waals surface area contributed by atoms with E-state index in [-0.39, 0.29) is 5.60 Å². The van der Waals surface area contributed by atoms with E-state index in [1.54, 1.807) is 0 Å². The van der Waals surface area contributed by atoms with Gasteiger partial charge in [-0.3, -0.25) is 0 Å². The first kappa shape index (κ1) is 3.90. The summed E-state index contributed by atoms with van der Waals surface area (Å²) in [6.45, 7) is 0. The molecule has 0 saturated heterocycles. The van der Waals surface area contributed by atoms with E-state index in [1.165, 1.54) is 6.42 Å². The molecule has 3 saturated carbocycles. The lowest BCUT2D eigenvalue weighted by atomic mass is 9.80. The molecule has 40 valence electrons. The van der Waals surface area contributed by atoms with E-state index in [9.17, 15) is 5.11 Å². The Bertz CT molecular complexity index is 86.8. The highest BCUT2D eigenvalue weighted by Crippen LogP contribution is 2.51. The summed E-state index contributed by atoms with van der Waals surface area (Å²) < 4.78 is 0. The Hall–Kier alpha value is -0.0400. The fourth-order valence-corrected chi connectivity index (χ4v) is 1.90. The quantitative estimate of drug-likeness (QED) is 0.477. The van der Waals surface area contributed by atoms with E-state index in [1.807, 2.05) is 0 Å². The van der Waals surface area contributed by atoms with Crippen molar-refractivity contribution >= 4 is 0 Å². The largest absolute Gasteiger partial charge is 0.390 e. The second kappa shape index (κ2) is 0.873. The van der Waals surface area contributed by atoms with Gasteiger partial charge in [-0.15, -0.1) is 0 Å². The fraction of sp³-hybridized carbons (Fsp3) is 1.00. The van der Waals surface area contributed by atoms with Crippen LogP contribution in [0.15, 0.2) is 0 Å². The van der Waals surface area contributed by atoms with Gasteiger partial charge in [-0.1, -0.05) is 0 Å². The molecule has 1 nitrogen and oxygen atoms in total. The molecule has 3 aliphatic carbocycles. The van der Waals surface area contributed by atoms with Crippen LogP contribution in [0.25, 0.3) is 0 Å². The fourth-order valence-electron chi connectivity index (χ4n) is 1.90. The molecule has 3 fully saturated rings. The van der Waals surface area contributed by atoms with Crippen molar-refractivity contribution in [2.24, 2.45) is 5.92 Å². The van der Waals surface area contributed by atoms with Crippen molar-refractivity contribution in [2.45, 2.75) is 31.3 Å². The zero-order chi connectivity index (χ0) is 4.91. The van der Waals surface area contributed by atoms with Crippen molar-refractivity contribution in [1.82, 2.24) is 0 Å². The van der Waals surface area contributed by atoms with Crippen molar-refractivity contribution in [3.8, 4) is 0 Å². The molecule has 3 rings (SSSR count). The molecule has 2 bridgehead atoms. The van der Waals surface area contributed by atoms with Gasteiger partial charge in [-0.05, 0) is 31.6 Å². The highest BCUT2D eigenvalue weighted by Gasteiger charge is 2.48. The minimum atomic E-state index is -0.162. The molecule has 3 aliphatic rings. The molecular weight excluding hydrogens is 88.1 g/mol. The van der Waals surface area contributed by atoms with Gasteiger partial charge in [0.25, 0.3) is 0 Å². The van der Waals surface area contributed by atoms with Crippen molar-refractivity contribution in [3.05, 3.63) is 0 Å². The predicted molar refractivity (Wildman–Crippen MR) is 26.9 cm³/mol. The SMILES string of the molecule is OC12CCC(C1)C2. The molecule has 0 aromatic heterocycles. The average Bonchev–Trinajstić information content (AvgIpc) is 1.88. The molecule has 0 unspecified atom stereocenters. The van der Waals surface area contributed by atoms with Gasteiger partial charge in [-0.2, -0.15) is 0 Å². The van der Waals surface area contributed by atoms with E-state index in [0.29, 0.717) is 0 Å². The van der Waals surface area contributed by atoms with Crippen LogP contribution in [0.1, 0.15) is 25.7 Å². The first-order valence-corrected chi connectivity index (χ1v) is 3.01. The molecule has 0 spiro atoms. The van der Waals surface area contributed by atoms with Crippen LogP contribution < -0.4 is 0 Å². The smallest absolute Gasteiger partial charge is 0.0653 e. The molecule has 7 heavy (non-hydrogen) atoms. The summed E-state index contributed by atoms with van der Waals surface area (Å²) in [5, 5.41) is 9.26. The lowest BCUT2D eigenvalue weighted by Gasteiger charge is -2.32. The van der Waals surface area contributed by atoms with Gasteiger partial charge in [0.05, 0.1) is 5.60 Å². The number of aliphatic hydroxyl groups is 1. The van der Waals surface area contributed by atoms with Crippen LogP contribution in [0.2, 0.25) is 0 Å². The Labute approximate surface area is 43.3 Å². The predicted octanol–water partition coefficient (Wildman–Crippen LogP) is 0.921. The maximum Gasteiger partial charge on any atom is 0.0653 e. The topological polar surface area (TPSA) is 20.2 Å². The van der Waals surface area contributed by atoms with Gasteiger partial charge >= 0.3 is 0 Å². The number of rotatable bonds is 0. The lowest BCUT2D eigenvalue weighted by molar-refractivity contribution is -0.0203. The Kier molecular flexibility index (Phi) is 0.487. The van der Waals surface area contributed by atoms with Gasteiger partial charge in [0.1, 0.15) is 0 Å². The second-order valence-electron chi connectivity index (χ2n) is 3.04. The van der Waals surface area contributed by atoms with E-state index in [0.717, 1.165) is 25.2 Å². The van der Waals surface area contributed by atoms with Gasteiger partial charge in [-0.25, -0.2) is 0 Å². The molecule has 0 atom stereocenters. The molecule has 0 heterocycles. The molecule has 1 heteroatoms. The Morgan fingerprint density at radius 1 is 1.43 bits per heavy atom. The molecular formula is C6H10O. The van der Waals surface area contributed by atoms with E-state index >= 15 is 0 Å². The molecule has 1 N–H and O–H groups in total. The van der Waals surface area contributed by atoms with Crippen molar-refractivity contribution in [1.29, 1.82) is 0 Å². The van der Waals surface area contributed by atoms with Gasteiger partial charge in [0, 0.05) is 0 Å². The Morgan fingerprint density at radius 2 is 2.14 bits per heavy atom. The monoisotopic (exact) mass is 98.1 g/mol. The molecule has 0 amide bonds. The zero-order valence-electron chi connectivity index (χ0n) is 4.35. The minimum absolute atomic E-state index is 0.162. The van der Waals surface area contributed by atoms with Crippen LogP contribution in [0.4, 0.5) is 0 Å². The first-order chi connectivity index (χ1) is 3.29. The van der Waals surface area contributed by atoms with Crippen LogP contribution in [-0.4, -0.2) is 10.7 Å². The second-order valence-corrected chi connectivity index (χ2v) is 3.04.